The van der Waals surface area contributed by atoms with Crippen molar-refractivity contribution in [2.24, 2.45) is 23.5 Å². The van der Waals surface area contributed by atoms with Crippen LogP contribution in [0.3, 0.4) is 0 Å². The van der Waals surface area contributed by atoms with Crippen molar-refractivity contribution in [2.45, 2.75) is 31.7 Å². The smallest absolute Gasteiger partial charge is 0.258 e. The third-order valence-corrected chi connectivity index (χ3v) is 6.79. The number of hydrogen-bond acceptors (Lipinski definition) is 3. The Bertz CT molecular complexity index is 945. The van der Waals surface area contributed by atoms with Gasteiger partial charge in [0.1, 0.15) is 0 Å². The quantitative estimate of drug-likeness (QED) is 0.809. The van der Waals surface area contributed by atoms with Gasteiger partial charge in [0.15, 0.2) is 0 Å². The van der Waals surface area contributed by atoms with Crippen LogP contribution in [0.5, 0.6) is 0 Å². The first kappa shape index (κ1) is 19.9. The molecule has 2 aliphatic carbocycles. The minimum atomic E-state index is -0.108. The van der Waals surface area contributed by atoms with Gasteiger partial charge in [0.2, 0.25) is 5.91 Å². The number of rotatable bonds is 3. The number of halogens is 1. The average Bonchev–Trinajstić information content (AvgIpc) is 3.42. The maximum absolute atomic E-state index is 13.1. The molecule has 2 saturated carbocycles. The molecule has 2 bridgehead atoms. The molecular weight excluding hydrogens is 386 g/mol. The summed E-state index contributed by atoms with van der Waals surface area (Å²) in [6, 6.07) is 15.2. The molecule has 0 aromatic heterocycles. The van der Waals surface area contributed by atoms with Crippen molar-refractivity contribution in [3.63, 3.8) is 0 Å². The molecule has 5 rings (SSSR count). The second kappa shape index (κ2) is 7.81. The van der Waals surface area contributed by atoms with Crippen LogP contribution < -0.4 is 16.0 Å². The van der Waals surface area contributed by atoms with Gasteiger partial charge in [0.25, 0.3) is 5.91 Å². The molecule has 0 spiro atoms. The van der Waals surface area contributed by atoms with Crippen molar-refractivity contribution in [1.29, 1.82) is 0 Å². The molecule has 5 nitrogen and oxygen atoms in total. The van der Waals surface area contributed by atoms with E-state index in [1.807, 2.05) is 41.3 Å². The third kappa shape index (κ3) is 3.43. The van der Waals surface area contributed by atoms with Crippen molar-refractivity contribution in [3.05, 3.63) is 59.7 Å². The Morgan fingerprint density at radius 2 is 1.83 bits per heavy atom. The summed E-state index contributed by atoms with van der Waals surface area (Å²) in [6.07, 6.45) is 4.20. The van der Waals surface area contributed by atoms with Crippen molar-refractivity contribution in [2.75, 3.05) is 16.8 Å². The number of carbonyl (C=O) groups is 2. The van der Waals surface area contributed by atoms with E-state index in [0.717, 1.165) is 31.4 Å². The Kier molecular flexibility index (Phi) is 5.36. The van der Waals surface area contributed by atoms with Crippen LogP contribution in [-0.2, 0) is 11.2 Å². The Morgan fingerprint density at radius 1 is 1.03 bits per heavy atom. The van der Waals surface area contributed by atoms with Gasteiger partial charge in [0.05, 0.1) is 5.92 Å². The predicted molar refractivity (Wildman–Crippen MR) is 116 cm³/mol. The van der Waals surface area contributed by atoms with Crippen molar-refractivity contribution >= 4 is 35.6 Å². The number of carbonyl (C=O) groups excluding carboxylic acids is 2. The molecule has 3 aliphatic rings. The van der Waals surface area contributed by atoms with Gasteiger partial charge >= 0.3 is 0 Å². The van der Waals surface area contributed by atoms with Crippen molar-refractivity contribution < 1.29 is 9.59 Å². The number of anilines is 2. The van der Waals surface area contributed by atoms with Crippen LogP contribution in [-0.4, -0.2) is 24.4 Å². The number of amides is 2. The summed E-state index contributed by atoms with van der Waals surface area (Å²) in [6.45, 7) is 0.689. The fourth-order valence-corrected chi connectivity index (χ4v) is 5.39. The minimum Gasteiger partial charge on any atom is -0.327 e. The van der Waals surface area contributed by atoms with Gasteiger partial charge in [0, 0.05) is 29.5 Å². The molecule has 29 heavy (non-hydrogen) atoms. The molecule has 0 radical (unpaired) electrons. The fourth-order valence-electron chi connectivity index (χ4n) is 5.39. The van der Waals surface area contributed by atoms with E-state index in [4.69, 9.17) is 5.73 Å². The molecule has 1 aliphatic heterocycles. The molecule has 2 aromatic carbocycles. The lowest BCUT2D eigenvalue weighted by atomic mass is 9.84. The summed E-state index contributed by atoms with van der Waals surface area (Å²) in [5.74, 6) is 0.756. The van der Waals surface area contributed by atoms with E-state index in [1.54, 1.807) is 6.07 Å². The summed E-state index contributed by atoms with van der Waals surface area (Å²) < 4.78 is 0. The minimum absolute atomic E-state index is 0. The number of nitrogens with two attached hydrogens (primary N) is 1. The first-order valence-electron chi connectivity index (χ1n) is 10.2. The molecule has 2 aromatic rings. The summed E-state index contributed by atoms with van der Waals surface area (Å²) in [4.78, 5) is 27.7. The lowest BCUT2D eigenvalue weighted by Gasteiger charge is -2.27. The monoisotopic (exact) mass is 411 g/mol. The second-order valence-corrected chi connectivity index (χ2v) is 8.34. The van der Waals surface area contributed by atoms with E-state index >= 15 is 0 Å². The van der Waals surface area contributed by atoms with E-state index in [2.05, 4.69) is 11.4 Å². The van der Waals surface area contributed by atoms with Gasteiger partial charge in [-0.15, -0.1) is 12.4 Å². The van der Waals surface area contributed by atoms with Crippen LogP contribution in [0.15, 0.2) is 48.5 Å². The normalized spacial score (nSPS) is 26.7. The summed E-state index contributed by atoms with van der Waals surface area (Å²) >= 11 is 0. The average molecular weight is 412 g/mol. The largest absolute Gasteiger partial charge is 0.327 e. The number of hydrogen-bond donors (Lipinski definition) is 2. The molecule has 2 amide bonds. The molecule has 4 atom stereocenters. The van der Waals surface area contributed by atoms with Crippen LogP contribution in [0.4, 0.5) is 11.4 Å². The molecule has 152 valence electrons. The summed E-state index contributed by atoms with van der Waals surface area (Å²) in [5, 5.41) is 3.01. The van der Waals surface area contributed by atoms with Gasteiger partial charge in [-0.3, -0.25) is 9.59 Å². The number of fused-ring (bicyclic) bond motifs is 3. The van der Waals surface area contributed by atoms with Gasteiger partial charge in [-0.2, -0.15) is 0 Å². The van der Waals surface area contributed by atoms with E-state index < -0.39 is 0 Å². The first-order chi connectivity index (χ1) is 13.6. The van der Waals surface area contributed by atoms with Crippen LogP contribution in [0.25, 0.3) is 0 Å². The number of nitrogens with zero attached hydrogens (tertiary/aromatic N) is 1. The Labute approximate surface area is 177 Å². The number of para-hydroxylation sites is 1. The maximum Gasteiger partial charge on any atom is 0.258 e. The Balaban J connectivity index is 0.00000205. The van der Waals surface area contributed by atoms with E-state index in [1.165, 1.54) is 5.56 Å². The van der Waals surface area contributed by atoms with Crippen molar-refractivity contribution in [3.8, 4) is 0 Å². The standard InChI is InChI=1S/C23H25N3O2.ClH/c24-21-16-9-8-15(12-16)20(21)22(27)25-18-6-3-5-17(13-18)23(28)26-11-10-14-4-1-2-7-19(14)26;/h1-7,13,15-16,20-21H,8-12,24H2,(H,25,27);1H. The zero-order valence-corrected chi connectivity index (χ0v) is 17.0. The number of nitrogens with one attached hydrogen (secondary N) is 1. The van der Waals surface area contributed by atoms with Crippen LogP contribution >= 0.6 is 12.4 Å². The predicted octanol–water partition coefficient (Wildman–Crippen LogP) is 3.62. The van der Waals surface area contributed by atoms with Crippen LogP contribution in [0.1, 0.15) is 35.2 Å². The summed E-state index contributed by atoms with van der Waals surface area (Å²) in [7, 11) is 0. The van der Waals surface area contributed by atoms with Gasteiger partial charge < -0.3 is 16.0 Å². The van der Waals surface area contributed by atoms with Crippen molar-refractivity contribution in [1.82, 2.24) is 0 Å². The highest BCUT2D eigenvalue weighted by atomic mass is 35.5. The molecule has 2 fully saturated rings. The van der Waals surface area contributed by atoms with Gasteiger partial charge in [-0.05, 0) is 67.3 Å². The van der Waals surface area contributed by atoms with E-state index in [0.29, 0.717) is 29.6 Å². The third-order valence-electron chi connectivity index (χ3n) is 6.79. The zero-order chi connectivity index (χ0) is 19.3. The van der Waals surface area contributed by atoms with E-state index in [9.17, 15) is 9.59 Å². The summed E-state index contributed by atoms with van der Waals surface area (Å²) in [5.41, 5.74) is 9.74. The molecular formula is C23H26ClN3O2. The number of benzene rings is 2. The topological polar surface area (TPSA) is 75.4 Å². The fraction of sp³-hybridized carbons (Fsp3) is 0.391. The maximum atomic E-state index is 13.1. The lowest BCUT2D eigenvalue weighted by Crippen LogP contribution is -2.42. The first-order valence-corrected chi connectivity index (χ1v) is 10.2. The highest BCUT2D eigenvalue weighted by Crippen LogP contribution is 2.47. The Hall–Kier alpha value is -2.37. The molecule has 6 heteroatoms. The lowest BCUT2D eigenvalue weighted by molar-refractivity contribution is -0.121. The molecule has 4 unspecified atom stereocenters. The SMILES string of the molecule is Cl.NC1C2CCC(C2)C1C(=O)Nc1cccc(C(=O)N2CCc3ccccc32)c1. The van der Waals surface area contributed by atoms with Gasteiger partial charge in [-0.1, -0.05) is 24.3 Å². The highest BCUT2D eigenvalue weighted by molar-refractivity contribution is 6.08. The van der Waals surface area contributed by atoms with E-state index in [-0.39, 0.29) is 36.2 Å². The second-order valence-electron chi connectivity index (χ2n) is 8.34. The Morgan fingerprint density at radius 3 is 2.62 bits per heavy atom. The molecule has 0 saturated heterocycles. The van der Waals surface area contributed by atoms with Crippen LogP contribution in [0.2, 0.25) is 0 Å². The highest BCUT2D eigenvalue weighted by Gasteiger charge is 2.49. The van der Waals surface area contributed by atoms with Gasteiger partial charge in [-0.25, -0.2) is 0 Å². The van der Waals surface area contributed by atoms with Crippen LogP contribution in [0, 0.1) is 17.8 Å². The molecule has 1 heterocycles. The zero-order valence-electron chi connectivity index (χ0n) is 16.2. The molecule has 3 N–H and O–H groups in total.